The Labute approximate surface area is 125 Å². The summed E-state index contributed by atoms with van der Waals surface area (Å²) in [5, 5.41) is 0. The van der Waals surface area contributed by atoms with E-state index in [0.717, 1.165) is 23.4 Å². The first-order chi connectivity index (χ1) is 10.3. The van der Waals surface area contributed by atoms with Gasteiger partial charge in [0.05, 0.1) is 7.11 Å². The van der Waals surface area contributed by atoms with Crippen LogP contribution in [0.1, 0.15) is 25.7 Å². The Morgan fingerprint density at radius 2 is 1.71 bits per heavy atom. The van der Waals surface area contributed by atoms with Gasteiger partial charge < -0.3 is 9.30 Å². The van der Waals surface area contributed by atoms with Gasteiger partial charge in [-0.25, -0.2) is 0 Å². The van der Waals surface area contributed by atoms with Gasteiger partial charge in [0.1, 0.15) is 5.75 Å². The van der Waals surface area contributed by atoms with E-state index in [-0.39, 0.29) is 5.56 Å². The molecule has 110 valence electrons. The van der Waals surface area contributed by atoms with E-state index in [4.69, 9.17) is 4.74 Å². The maximum Gasteiger partial charge on any atom is 0.250 e. The molecule has 0 N–H and O–H groups in total. The topological polar surface area (TPSA) is 31.2 Å². The lowest BCUT2D eigenvalue weighted by atomic mass is 10.1. The second-order valence-electron chi connectivity index (χ2n) is 5.79. The smallest absolute Gasteiger partial charge is 0.250 e. The largest absolute Gasteiger partial charge is 0.497 e. The first-order valence-electron chi connectivity index (χ1n) is 7.61. The van der Waals surface area contributed by atoms with Crippen LogP contribution in [0.15, 0.2) is 47.4 Å². The van der Waals surface area contributed by atoms with E-state index in [0.29, 0.717) is 5.92 Å². The van der Waals surface area contributed by atoms with Gasteiger partial charge in [0.15, 0.2) is 0 Å². The molecule has 21 heavy (non-hydrogen) atoms. The number of hydrogen-bond donors (Lipinski definition) is 0. The number of aromatic nitrogens is 1. The van der Waals surface area contributed by atoms with E-state index in [9.17, 15) is 4.79 Å². The number of hydrogen-bond acceptors (Lipinski definition) is 2. The molecule has 0 atom stereocenters. The highest BCUT2D eigenvalue weighted by Gasteiger charge is 2.16. The van der Waals surface area contributed by atoms with E-state index >= 15 is 0 Å². The number of rotatable bonds is 4. The van der Waals surface area contributed by atoms with Gasteiger partial charge in [-0.3, -0.25) is 4.79 Å². The summed E-state index contributed by atoms with van der Waals surface area (Å²) in [5.41, 5.74) is 2.28. The van der Waals surface area contributed by atoms with Gasteiger partial charge in [-0.1, -0.05) is 25.0 Å². The van der Waals surface area contributed by atoms with Crippen molar-refractivity contribution in [3.63, 3.8) is 0 Å². The van der Waals surface area contributed by atoms with Crippen LogP contribution in [-0.4, -0.2) is 11.7 Å². The molecule has 1 aliphatic rings. The summed E-state index contributed by atoms with van der Waals surface area (Å²) in [5.74, 6) is 1.51. The van der Waals surface area contributed by atoms with Gasteiger partial charge in [0.25, 0.3) is 5.56 Å². The summed E-state index contributed by atoms with van der Waals surface area (Å²) in [6.45, 7) is 0.850. The highest BCUT2D eigenvalue weighted by molar-refractivity contribution is 5.63. The van der Waals surface area contributed by atoms with Crippen LogP contribution in [0.4, 0.5) is 0 Å². The van der Waals surface area contributed by atoms with E-state index < -0.39 is 0 Å². The third kappa shape index (κ3) is 3.18. The molecule has 3 nitrogen and oxygen atoms in total. The van der Waals surface area contributed by atoms with Crippen LogP contribution in [0.5, 0.6) is 5.75 Å². The predicted octanol–water partition coefficient (Wildman–Crippen LogP) is 3.71. The quantitative estimate of drug-likeness (QED) is 0.856. The Morgan fingerprint density at radius 3 is 2.38 bits per heavy atom. The predicted molar refractivity (Wildman–Crippen MR) is 84.6 cm³/mol. The standard InChI is InChI=1S/C18H21NO2/c1-21-17-9-6-15(7-10-17)16-8-11-18(20)19(13-16)12-14-4-2-3-5-14/h6-11,13-14H,2-5,12H2,1H3. The normalized spacial score (nSPS) is 15.3. The van der Waals surface area contributed by atoms with Crippen LogP contribution >= 0.6 is 0 Å². The minimum atomic E-state index is 0.0964. The fourth-order valence-electron chi connectivity index (χ4n) is 3.10. The Hall–Kier alpha value is -2.03. The third-order valence-electron chi connectivity index (χ3n) is 4.34. The fourth-order valence-corrected chi connectivity index (χ4v) is 3.10. The van der Waals surface area contributed by atoms with Crippen molar-refractivity contribution >= 4 is 0 Å². The molecule has 0 aliphatic heterocycles. The minimum Gasteiger partial charge on any atom is -0.497 e. The van der Waals surface area contributed by atoms with Crippen molar-refractivity contribution in [2.24, 2.45) is 5.92 Å². The summed E-state index contributed by atoms with van der Waals surface area (Å²) < 4.78 is 7.05. The van der Waals surface area contributed by atoms with Gasteiger partial charge in [0, 0.05) is 18.8 Å². The fraction of sp³-hybridized carbons (Fsp3) is 0.389. The summed E-state index contributed by atoms with van der Waals surface area (Å²) in [6.07, 6.45) is 7.09. The van der Waals surface area contributed by atoms with E-state index in [1.807, 2.05) is 41.1 Å². The van der Waals surface area contributed by atoms with Crippen LogP contribution in [-0.2, 0) is 6.54 Å². The molecule has 1 aliphatic carbocycles. The van der Waals surface area contributed by atoms with Crippen LogP contribution in [0, 0.1) is 5.92 Å². The molecule has 0 spiro atoms. The Morgan fingerprint density at radius 1 is 1.05 bits per heavy atom. The lowest BCUT2D eigenvalue weighted by Crippen LogP contribution is -2.21. The zero-order valence-electron chi connectivity index (χ0n) is 12.4. The molecule has 0 unspecified atom stereocenters. The van der Waals surface area contributed by atoms with Gasteiger partial charge >= 0.3 is 0 Å². The maximum atomic E-state index is 12.0. The number of benzene rings is 1. The number of methoxy groups -OCH3 is 1. The summed E-state index contributed by atoms with van der Waals surface area (Å²) in [4.78, 5) is 12.0. The molecule has 1 aromatic heterocycles. The molecule has 1 heterocycles. The average Bonchev–Trinajstić information content (AvgIpc) is 3.03. The van der Waals surface area contributed by atoms with E-state index in [1.165, 1.54) is 25.7 Å². The van der Waals surface area contributed by atoms with Crippen LogP contribution in [0.25, 0.3) is 11.1 Å². The van der Waals surface area contributed by atoms with Gasteiger partial charge in [-0.15, -0.1) is 0 Å². The summed E-state index contributed by atoms with van der Waals surface area (Å²) >= 11 is 0. The molecule has 0 saturated heterocycles. The minimum absolute atomic E-state index is 0.0964. The highest BCUT2D eigenvalue weighted by atomic mass is 16.5. The van der Waals surface area contributed by atoms with Crippen LogP contribution < -0.4 is 10.3 Å². The molecule has 1 aromatic carbocycles. The van der Waals surface area contributed by atoms with Gasteiger partial charge in [0.2, 0.25) is 0 Å². The number of pyridine rings is 1. The van der Waals surface area contributed by atoms with Crippen molar-refractivity contribution in [1.82, 2.24) is 4.57 Å². The van der Waals surface area contributed by atoms with Crippen LogP contribution in [0.2, 0.25) is 0 Å². The SMILES string of the molecule is COc1ccc(-c2ccc(=O)n(CC3CCCC3)c2)cc1. The molecule has 3 rings (SSSR count). The second kappa shape index (κ2) is 6.17. The maximum absolute atomic E-state index is 12.0. The Bertz CT molecular complexity index is 652. The molecule has 1 saturated carbocycles. The molecule has 0 radical (unpaired) electrons. The number of ether oxygens (including phenoxy) is 1. The molecule has 3 heteroatoms. The van der Waals surface area contributed by atoms with Crippen molar-refractivity contribution in [3.8, 4) is 16.9 Å². The van der Waals surface area contributed by atoms with Crippen molar-refractivity contribution in [2.75, 3.05) is 7.11 Å². The first kappa shape index (κ1) is 13.9. The Balaban J connectivity index is 1.86. The monoisotopic (exact) mass is 283 g/mol. The highest BCUT2D eigenvalue weighted by Crippen LogP contribution is 2.26. The lowest BCUT2D eigenvalue weighted by Gasteiger charge is -2.13. The molecule has 2 aromatic rings. The first-order valence-corrected chi connectivity index (χ1v) is 7.61. The molecule has 1 fully saturated rings. The van der Waals surface area contributed by atoms with Crippen LogP contribution in [0.3, 0.4) is 0 Å². The Kier molecular flexibility index (Phi) is 4.09. The molecule has 0 amide bonds. The lowest BCUT2D eigenvalue weighted by molar-refractivity contribution is 0.415. The van der Waals surface area contributed by atoms with E-state index in [2.05, 4.69) is 0 Å². The summed E-state index contributed by atoms with van der Waals surface area (Å²) in [7, 11) is 1.66. The molecular formula is C18H21NO2. The van der Waals surface area contributed by atoms with Gasteiger partial charge in [-0.2, -0.15) is 0 Å². The van der Waals surface area contributed by atoms with Crippen molar-refractivity contribution in [2.45, 2.75) is 32.2 Å². The zero-order chi connectivity index (χ0) is 14.7. The van der Waals surface area contributed by atoms with Crippen molar-refractivity contribution in [1.29, 1.82) is 0 Å². The average molecular weight is 283 g/mol. The van der Waals surface area contributed by atoms with Crippen molar-refractivity contribution in [3.05, 3.63) is 52.9 Å². The van der Waals surface area contributed by atoms with E-state index in [1.54, 1.807) is 13.2 Å². The van der Waals surface area contributed by atoms with Gasteiger partial charge in [-0.05, 0) is 48.1 Å². The second-order valence-corrected chi connectivity index (χ2v) is 5.79. The third-order valence-corrected chi connectivity index (χ3v) is 4.34. The molecular weight excluding hydrogens is 262 g/mol. The summed E-state index contributed by atoms with van der Waals surface area (Å²) in [6, 6.07) is 11.5. The number of nitrogens with zero attached hydrogens (tertiary/aromatic N) is 1. The van der Waals surface area contributed by atoms with Crippen molar-refractivity contribution < 1.29 is 4.74 Å². The molecule has 0 bridgehead atoms. The zero-order valence-corrected chi connectivity index (χ0v) is 12.4.